The number of rotatable bonds is 9. The van der Waals surface area contributed by atoms with Crippen LogP contribution in [0.25, 0.3) is 0 Å². The summed E-state index contributed by atoms with van der Waals surface area (Å²) < 4.78 is 22.3. The van der Waals surface area contributed by atoms with E-state index in [1.807, 2.05) is 20.8 Å². The largest absolute Gasteiger partial charge is 0.494 e. The first-order chi connectivity index (χ1) is 13.9. The monoisotopic (exact) mass is 398 g/mol. The summed E-state index contributed by atoms with van der Waals surface area (Å²) in [5.41, 5.74) is 0.960. The predicted molar refractivity (Wildman–Crippen MR) is 108 cm³/mol. The Kier molecular flexibility index (Phi) is 6.67. The van der Waals surface area contributed by atoms with Crippen LogP contribution in [0.4, 0.5) is 0 Å². The van der Waals surface area contributed by atoms with Crippen molar-refractivity contribution >= 4 is 11.6 Å². The van der Waals surface area contributed by atoms with Gasteiger partial charge in [0.05, 0.1) is 19.6 Å². The van der Waals surface area contributed by atoms with Crippen LogP contribution in [0.3, 0.4) is 0 Å². The molecular formula is C23H26O6. The Hall–Kier alpha value is -2.70. The Morgan fingerprint density at radius 3 is 1.90 bits per heavy atom. The van der Waals surface area contributed by atoms with E-state index in [4.69, 9.17) is 18.9 Å². The average Bonchev–Trinajstić information content (AvgIpc) is 3.06. The van der Waals surface area contributed by atoms with Gasteiger partial charge in [0.1, 0.15) is 24.2 Å². The Morgan fingerprint density at radius 2 is 1.45 bits per heavy atom. The summed E-state index contributed by atoms with van der Waals surface area (Å²) in [6.45, 7) is 7.03. The van der Waals surface area contributed by atoms with Crippen molar-refractivity contribution in [3.63, 3.8) is 0 Å². The van der Waals surface area contributed by atoms with Crippen molar-refractivity contribution in [2.75, 3.05) is 19.8 Å². The van der Waals surface area contributed by atoms with Gasteiger partial charge in [0.25, 0.3) is 0 Å². The molecule has 6 heteroatoms. The van der Waals surface area contributed by atoms with Crippen LogP contribution >= 0.6 is 0 Å². The van der Waals surface area contributed by atoms with Crippen LogP contribution < -0.4 is 9.47 Å². The first-order valence-electron chi connectivity index (χ1n) is 9.70. The van der Waals surface area contributed by atoms with Gasteiger partial charge in [0, 0.05) is 11.1 Å². The highest BCUT2D eigenvalue weighted by atomic mass is 16.7. The molecule has 0 radical (unpaired) electrons. The molecule has 0 spiro atoms. The molecule has 1 aliphatic heterocycles. The lowest BCUT2D eigenvalue weighted by atomic mass is 10.0. The fourth-order valence-electron chi connectivity index (χ4n) is 3.03. The van der Waals surface area contributed by atoms with Gasteiger partial charge >= 0.3 is 0 Å². The van der Waals surface area contributed by atoms with E-state index in [1.54, 1.807) is 48.5 Å². The lowest BCUT2D eigenvalue weighted by molar-refractivity contribution is -0.141. The summed E-state index contributed by atoms with van der Waals surface area (Å²) in [6, 6.07) is 13.6. The van der Waals surface area contributed by atoms with Gasteiger partial charge in [0.15, 0.2) is 17.4 Å². The van der Waals surface area contributed by atoms with Crippen LogP contribution in [-0.2, 0) is 9.47 Å². The number of benzene rings is 2. The molecule has 2 aromatic rings. The van der Waals surface area contributed by atoms with E-state index in [0.717, 1.165) is 0 Å². The van der Waals surface area contributed by atoms with Crippen molar-refractivity contribution < 1.29 is 28.5 Å². The minimum absolute atomic E-state index is 0.127. The summed E-state index contributed by atoms with van der Waals surface area (Å²) in [5.74, 6) is 0.293. The van der Waals surface area contributed by atoms with Gasteiger partial charge < -0.3 is 18.9 Å². The highest BCUT2D eigenvalue weighted by Gasteiger charge is 2.32. The molecule has 6 nitrogen and oxygen atoms in total. The minimum atomic E-state index is -0.583. The van der Waals surface area contributed by atoms with Crippen molar-refractivity contribution in [1.29, 1.82) is 0 Å². The van der Waals surface area contributed by atoms with E-state index in [-0.39, 0.29) is 24.1 Å². The summed E-state index contributed by atoms with van der Waals surface area (Å²) in [5, 5.41) is 0. The minimum Gasteiger partial charge on any atom is -0.494 e. The molecule has 0 aliphatic carbocycles. The molecule has 3 rings (SSSR count). The molecule has 0 aromatic heterocycles. The van der Waals surface area contributed by atoms with Gasteiger partial charge in [-0.1, -0.05) is 0 Å². The fraction of sp³-hybridized carbons (Fsp3) is 0.391. The lowest BCUT2D eigenvalue weighted by Gasteiger charge is -2.17. The van der Waals surface area contributed by atoms with Crippen LogP contribution in [0.15, 0.2) is 48.5 Å². The molecule has 1 heterocycles. The quantitative estimate of drug-likeness (QED) is 0.468. The van der Waals surface area contributed by atoms with E-state index in [1.165, 1.54) is 0 Å². The molecule has 0 amide bonds. The number of carbonyl (C=O) groups is 2. The van der Waals surface area contributed by atoms with Crippen molar-refractivity contribution in [1.82, 2.24) is 0 Å². The first kappa shape index (κ1) is 21.0. The standard InChI is InChI=1S/C23H26O6/c1-4-26-18-9-5-16(6-10-18)21(24)13-22(25)17-7-11-19(12-8-17)27-14-20-15-28-23(2,3)29-20/h5-12,20H,4,13-15H2,1-3H3. The molecule has 1 atom stereocenters. The van der Waals surface area contributed by atoms with E-state index < -0.39 is 5.79 Å². The third kappa shape index (κ3) is 5.89. The van der Waals surface area contributed by atoms with Crippen LogP contribution in [0.1, 0.15) is 47.9 Å². The van der Waals surface area contributed by atoms with Crippen molar-refractivity contribution in [3.05, 3.63) is 59.7 Å². The summed E-state index contributed by atoms with van der Waals surface area (Å²) in [4.78, 5) is 24.8. The molecule has 1 aliphatic rings. The molecule has 0 N–H and O–H groups in total. The number of ketones is 2. The first-order valence-corrected chi connectivity index (χ1v) is 9.70. The van der Waals surface area contributed by atoms with Gasteiger partial charge in [-0.2, -0.15) is 0 Å². The number of ether oxygens (including phenoxy) is 4. The van der Waals surface area contributed by atoms with Gasteiger partial charge in [-0.15, -0.1) is 0 Å². The van der Waals surface area contributed by atoms with Gasteiger partial charge in [-0.05, 0) is 69.3 Å². The zero-order valence-electron chi connectivity index (χ0n) is 17.0. The zero-order valence-corrected chi connectivity index (χ0v) is 17.0. The Morgan fingerprint density at radius 1 is 0.931 bits per heavy atom. The molecule has 2 aromatic carbocycles. The van der Waals surface area contributed by atoms with Crippen molar-refractivity contribution in [2.24, 2.45) is 0 Å². The van der Waals surface area contributed by atoms with Gasteiger partial charge in [-0.25, -0.2) is 0 Å². The molecule has 0 bridgehead atoms. The molecule has 154 valence electrons. The van der Waals surface area contributed by atoms with Crippen LogP contribution in [0, 0.1) is 0 Å². The normalized spacial score (nSPS) is 17.7. The smallest absolute Gasteiger partial charge is 0.170 e. The molecular weight excluding hydrogens is 372 g/mol. The predicted octanol–water partition coefficient (Wildman–Crippen LogP) is 4.07. The Balaban J connectivity index is 1.51. The van der Waals surface area contributed by atoms with Gasteiger partial charge in [0.2, 0.25) is 0 Å². The van der Waals surface area contributed by atoms with Crippen molar-refractivity contribution in [2.45, 2.75) is 39.1 Å². The van der Waals surface area contributed by atoms with E-state index in [2.05, 4.69) is 0 Å². The zero-order chi connectivity index (χ0) is 20.9. The maximum Gasteiger partial charge on any atom is 0.170 e. The van der Waals surface area contributed by atoms with E-state index in [0.29, 0.717) is 42.4 Å². The molecule has 0 saturated carbocycles. The number of hydrogen-bond donors (Lipinski definition) is 0. The number of hydrogen-bond acceptors (Lipinski definition) is 6. The topological polar surface area (TPSA) is 71.1 Å². The molecule has 1 unspecified atom stereocenters. The lowest BCUT2D eigenvalue weighted by Crippen LogP contribution is -2.25. The molecule has 29 heavy (non-hydrogen) atoms. The maximum atomic E-state index is 12.4. The average molecular weight is 398 g/mol. The Bertz CT molecular complexity index is 839. The van der Waals surface area contributed by atoms with Crippen LogP contribution in [-0.4, -0.2) is 43.3 Å². The Labute approximate surface area is 170 Å². The van der Waals surface area contributed by atoms with Gasteiger partial charge in [-0.3, -0.25) is 9.59 Å². The van der Waals surface area contributed by atoms with E-state index >= 15 is 0 Å². The van der Waals surface area contributed by atoms with Crippen molar-refractivity contribution in [3.8, 4) is 11.5 Å². The second-order valence-corrected chi connectivity index (χ2v) is 7.27. The third-order valence-electron chi connectivity index (χ3n) is 4.49. The molecule has 1 saturated heterocycles. The second-order valence-electron chi connectivity index (χ2n) is 7.27. The second kappa shape index (κ2) is 9.20. The highest BCUT2D eigenvalue weighted by molar-refractivity contribution is 6.13. The van der Waals surface area contributed by atoms with Crippen LogP contribution in [0.5, 0.6) is 11.5 Å². The van der Waals surface area contributed by atoms with E-state index in [9.17, 15) is 9.59 Å². The highest BCUT2D eigenvalue weighted by Crippen LogP contribution is 2.23. The SMILES string of the molecule is CCOc1ccc(C(=O)CC(=O)c2ccc(OCC3COC(C)(C)O3)cc2)cc1. The number of Topliss-reactive ketones (excluding diaryl/α,β-unsaturated/α-hetero) is 2. The fourth-order valence-corrected chi connectivity index (χ4v) is 3.03. The van der Waals surface area contributed by atoms with Crippen LogP contribution in [0.2, 0.25) is 0 Å². The summed E-state index contributed by atoms with van der Waals surface area (Å²) in [6.07, 6.45) is -0.311. The summed E-state index contributed by atoms with van der Waals surface area (Å²) >= 11 is 0. The number of carbonyl (C=O) groups excluding carboxylic acids is 2. The maximum absolute atomic E-state index is 12.4. The summed E-state index contributed by atoms with van der Waals surface area (Å²) in [7, 11) is 0. The molecule has 1 fully saturated rings. The third-order valence-corrected chi connectivity index (χ3v) is 4.49.